The van der Waals surface area contributed by atoms with Crippen LogP contribution in [0.3, 0.4) is 0 Å². The molecule has 1 aliphatic heterocycles. The van der Waals surface area contributed by atoms with E-state index in [0.29, 0.717) is 36.0 Å². The van der Waals surface area contributed by atoms with Crippen molar-refractivity contribution in [1.29, 1.82) is 0 Å². The van der Waals surface area contributed by atoms with Crippen molar-refractivity contribution in [3.63, 3.8) is 0 Å². The molecule has 3 aromatic heterocycles. The van der Waals surface area contributed by atoms with Gasteiger partial charge in [-0.2, -0.15) is 8.42 Å². The second kappa shape index (κ2) is 12.5. The molecule has 1 fully saturated rings. The van der Waals surface area contributed by atoms with Gasteiger partial charge in [0.1, 0.15) is 11.6 Å². The third kappa shape index (κ3) is 8.06. The Hall–Kier alpha value is -2.99. The predicted molar refractivity (Wildman–Crippen MR) is 156 cm³/mol. The normalized spacial score (nSPS) is 15.6. The molecule has 17 heteroatoms. The Morgan fingerprint density at radius 3 is 2.41 bits per heavy atom. The fourth-order valence-corrected chi connectivity index (χ4v) is 5.98. The molecule has 0 bridgehead atoms. The van der Waals surface area contributed by atoms with Gasteiger partial charge in [-0.15, -0.1) is 4.83 Å². The number of hydrogen-bond donors (Lipinski definition) is 3. The molecule has 3 aromatic rings. The van der Waals surface area contributed by atoms with Gasteiger partial charge in [0.15, 0.2) is 20.0 Å². The largest absolute Gasteiger partial charge is 0.379 e. The predicted octanol–water partition coefficient (Wildman–Crippen LogP) is 2.16. The van der Waals surface area contributed by atoms with Crippen LogP contribution in [0.5, 0.6) is 0 Å². The molecule has 0 radical (unpaired) electrons. The van der Waals surface area contributed by atoms with Crippen molar-refractivity contribution in [2.45, 2.75) is 24.9 Å². The van der Waals surface area contributed by atoms with Crippen molar-refractivity contribution in [3.8, 4) is 11.3 Å². The zero-order valence-electron chi connectivity index (χ0n) is 23.2. The fraction of sp³-hybridized carbons (Fsp3) is 0.417. The number of nitrogens with zero attached hydrogens (tertiary/aromatic N) is 6. The van der Waals surface area contributed by atoms with Crippen LogP contribution in [-0.4, -0.2) is 93.3 Å². The van der Waals surface area contributed by atoms with Crippen LogP contribution in [0.2, 0.25) is 5.15 Å². The van der Waals surface area contributed by atoms with E-state index < -0.39 is 20.0 Å². The number of aromatic nitrogens is 4. The standard InChI is InChI=1S/C24H32ClN9O5S2/c1-15(34-6-8-39-9-7-34)17-10-19(20-12-22(40(5,35)36)29-16(2)28-20)24(27-13-17)30-18-11-21(23(25)26-14-18)31-41(37,38)32-33(3)4/h10-15,31-32H,6-9H2,1-5H3,(H,27,30). The van der Waals surface area contributed by atoms with Gasteiger partial charge >= 0.3 is 10.2 Å². The number of sulfone groups is 1. The summed E-state index contributed by atoms with van der Waals surface area (Å²) in [6.45, 7) is 6.47. The van der Waals surface area contributed by atoms with E-state index in [-0.39, 0.29) is 27.7 Å². The summed E-state index contributed by atoms with van der Waals surface area (Å²) in [6, 6.07) is 4.77. The summed E-state index contributed by atoms with van der Waals surface area (Å²) in [5.41, 5.74) is 2.16. The molecule has 1 unspecified atom stereocenters. The van der Waals surface area contributed by atoms with Gasteiger partial charge in [0, 0.05) is 57.3 Å². The Kier molecular flexibility index (Phi) is 9.42. The Morgan fingerprint density at radius 1 is 1.05 bits per heavy atom. The van der Waals surface area contributed by atoms with Crippen LogP contribution in [0.4, 0.5) is 17.2 Å². The average molecular weight is 626 g/mol. The van der Waals surface area contributed by atoms with Gasteiger partial charge < -0.3 is 10.1 Å². The van der Waals surface area contributed by atoms with Crippen molar-refractivity contribution in [2.75, 3.05) is 56.7 Å². The first-order valence-corrected chi connectivity index (χ1v) is 16.2. The van der Waals surface area contributed by atoms with E-state index >= 15 is 0 Å². The second-order valence-electron chi connectivity index (χ2n) is 9.68. The first kappa shape index (κ1) is 31.0. The SMILES string of the molecule is Cc1nc(-c2cc(C(C)N3CCOCC3)cnc2Nc2cnc(Cl)c(NS(=O)(=O)NN(C)C)c2)cc(S(C)(=O)=O)n1. The molecule has 14 nitrogen and oxygen atoms in total. The number of hydrogen-bond acceptors (Lipinski definition) is 12. The lowest BCUT2D eigenvalue weighted by molar-refractivity contribution is 0.0198. The molecule has 1 atom stereocenters. The zero-order valence-corrected chi connectivity index (χ0v) is 25.6. The monoisotopic (exact) mass is 625 g/mol. The lowest BCUT2D eigenvalue weighted by Crippen LogP contribution is -2.40. The van der Waals surface area contributed by atoms with Crippen molar-refractivity contribution in [2.24, 2.45) is 0 Å². The minimum absolute atomic E-state index is 0.00100. The van der Waals surface area contributed by atoms with Crippen LogP contribution < -0.4 is 14.9 Å². The maximum Gasteiger partial charge on any atom is 0.312 e. The highest BCUT2D eigenvalue weighted by Crippen LogP contribution is 2.33. The summed E-state index contributed by atoms with van der Waals surface area (Å²) < 4.78 is 57.3. The van der Waals surface area contributed by atoms with E-state index in [4.69, 9.17) is 16.3 Å². The van der Waals surface area contributed by atoms with Crippen LogP contribution in [0, 0.1) is 6.92 Å². The first-order valence-electron chi connectivity index (χ1n) is 12.5. The quantitative estimate of drug-likeness (QED) is 0.171. The number of morpholine rings is 1. The lowest BCUT2D eigenvalue weighted by atomic mass is 10.0. The molecular formula is C24H32ClN9O5S2. The second-order valence-corrected chi connectivity index (χ2v) is 13.4. The van der Waals surface area contributed by atoms with Crippen LogP contribution in [0.25, 0.3) is 11.3 Å². The van der Waals surface area contributed by atoms with E-state index in [0.717, 1.165) is 24.9 Å². The Labute approximate surface area is 244 Å². The number of anilines is 3. The molecule has 0 saturated carbocycles. The van der Waals surface area contributed by atoms with Crippen molar-refractivity contribution in [1.82, 2.24) is 34.7 Å². The summed E-state index contributed by atoms with van der Waals surface area (Å²) in [5, 5.41) is 4.23. The summed E-state index contributed by atoms with van der Waals surface area (Å²) in [5.74, 6) is 0.614. The maximum absolute atomic E-state index is 12.4. The summed E-state index contributed by atoms with van der Waals surface area (Å²) >= 11 is 6.17. The number of hydrazine groups is 1. The van der Waals surface area contributed by atoms with Gasteiger partial charge in [0.25, 0.3) is 0 Å². The zero-order chi connectivity index (χ0) is 29.9. The number of ether oxygens (including phenoxy) is 1. The number of halogens is 1. The average Bonchev–Trinajstić information content (AvgIpc) is 2.89. The minimum atomic E-state index is -3.98. The number of nitrogens with one attached hydrogen (secondary N) is 3. The highest BCUT2D eigenvalue weighted by molar-refractivity contribution is 7.91. The number of aryl methyl sites for hydroxylation is 1. The van der Waals surface area contributed by atoms with Gasteiger partial charge in [0.05, 0.1) is 36.5 Å². The van der Waals surface area contributed by atoms with Crippen LogP contribution in [0.1, 0.15) is 24.4 Å². The highest BCUT2D eigenvalue weighted by atomic mass is 35.5. The Balaban J connectivity index is 1.77. The van der Waals surface area contributed by atoms with Crippen molar-refractivity contribution < 1.29 is 21.6 Å². The van der Waals surface area contributed by atoms with E-state index in [2.05, 4.69) is 46.6 Å². The maximum atomic E-state index is 12.4. The molecule has 0 spiro atoms. The topological polar surface area (TPSA) is 172 Å². The molecule has 0 amide bonds. The number of pyridine rings is 2. The fourth-order valence-electron chi connectivity index (χ4n) is 4.18. The Bertz CT molecular complexity index is 1630. The molecular weight excluding hydrogens is 594 g/mol. The summed E-state index contributed by atoms with van der Waals surface area (Å²) in [7, 11) is -4.55. The third-order valence-corrected chi connectivity index (χ3v) is 8.47. The van der Waals surface area contributed by atoms with Crippen LogP contribution in [0.15, 0.2) is 35.6 Å². The van der Waals surface area contributed by atoms with E-state index in [9.17, 15) is 16.8 Å². The molecule has 1 saturated heterocycles. The molecule has 0 aromatic carbocycles. The van der Waals surface area contributed by atoms with Gasteiger partial charge in [0.2, 0.25) is 0 Å². The minimum Gasteiger partial charge on any atom is -0.379 e. The Morgan fingerprint density at radius 2 is 1.76 bits per heavy atom. The molecule has 4 heterocycles. The van der Waals surface area contributed by atoms with Crippen molar-refractivity contribution >= 4 is 48.8 Å². The van der Waals surface area contributed by atoms with Gasteiger partial charge in [-0.25, -0.2) is 33.4 Å². The highest BCUT2D eigenvalue weighted by Gasteiger charge is 2.22. The van der Waals surface area contributed by atoms with Crippen LogP contribution >= 0.6 is 11.6 Å². The van der Waals surface area contributed by atoms with E-state index in [1.54, 1.807) is 13.1 Å². The lowest BCUT2D eigenvalue weighted by Gasteiger charge is -2.32. The molecule has 1 aliphatic rings. The van der Waals surface area contributed by atoms with Crippen LogP contribution in [-0.2, 0) is 24.8 Å². The smallest absolute Gasteiger partial charge is 0.312 e. The number of rotatable bonds is 10. The van der Waals surface area contributed by atoms with Gasteiger partial charge in [-0.1, -0.05) is 11.6 Å². The van der Waals surface area contributed by atoms with Crippen molar-refractivity contribution in [3.05, 3.63) is 47.1 Å². The van der Waals surface area contributed by atoms with Gasteiger partial charge in [-0.3, -0.25) is 9.62 Å². The molecule has 41 heavy (non-hydrogen) atoms. The molecule has 3 N–H and O–H groups in total. The molecule has 0 aliphatic carbocycles. The van der Waals surface area contributed by atoms with Gasteiger partial charge in [-0.05, 0) is 31.5 Å². The van der Waals surface area contributed by atoms with E-state index in [1.807, 2.05) is 6.07 Å². The van der Waals surface area contributed by atoms with E-state index in [1.165, 1.54) is 37.4 Å². The first-order chi connectivity index (χ1) is 19.2. The summed E-state index contributed by atoms with van der Waals surface area (Å²) in [6.07, 6.45) is 4.23. The molecule has 4 rings (SSSR count). The molecule has 222 valence electrons. The summed E-state index contributed by atoms with van der Waals surface area (Å²) in [4.78, 5) is 21.9. The third-order valence-electron chi connectivity index (χ3n) is 6.10.